The molecule has 2 rings (SSSR count). The van der Waals surface area contributed by atoms with Gasteiger partial charge in [0.05, 0.1) is 0 Å². The molecule has 0 aromatic carbocycles. The molecule has 2 N–H and O–H groups in total. The summed E-state index contributed by atoms with van der Waals surface area (Å²) < 4.78 is 0. The molecule has 0 amide bonds. The highest BCUT2D eigenvalue weighted by atomic mass is 14.7. The van der Waals surface area contributed by atoms with Crippen LogP contribution >= 0.6 is 0 Å². The summed E-state index contributed by atoms with van der Waals surface area (Å²) >= 11 is 0. The molecule has 13 heavy (non-hydrogen) atoms. The molecule has 1 atom stereocenters. The first kappa shape index (κ1) is 9.51. The van der Waals surface area contributed by atoms with E-state index >= 15 is 0 Å². The molecule has 2 aliphatic rings. The zero-order chi connectivity index (χ0) is 9.10. The molecule has 2 aliphatic carbocycles. The van der Waals surface area contributed by atoms with Crippen molar-refractivity contribution in [2.24, 2.45) is 17.6 Å². The van der Waals surface area contributed by atoms with Gasteiger partial charge >= 0.3 is 0 Å². The molecule has 0 saturated heterocycles. The van der Waals surface area contributed by atoms with Crippen LogP contribution in [-0.2, 0) is 0 Å². The van der Waals surface area contributed by atoms with Crippen LogP contribution in [-0.4, -0.2) is 6.04 Å². The summed E-state index contributed by atoms with van der Waals surface area (Å²) in [7, 11) is 0. The van der Waals surface area contributed by atoms with Gasteiger partial charge in [0.2, 0.25) is 0 Å². The molecule has 0 aromatic rings. The van der Waals surface area contributed by atoms with Gasteiger partial charge < -0.3 is 5.73 Å². The van der Waals surface area contributed by atoms with Crippen molar-refractivity contribution in [3.8, 4) is 0 Å². The van der Waals surface area contributed by atoms with E-state index in [1.54, 1.807) is 0 Å². The molecule has 0 bridgehead atoms. The molecule has 1 unspecified atom stereocenters. The number of nitrogens with two attached hydrogens (primary N) is 1. The predicted molar refractivity (Wildman–Crippen MR) is 56.5 cm³/mol. The third kappa shape index (κ3) is 2.98. The minimum Gasteiger partial charge on any atom is -0.327 e. The van der Waals surface area contributed by atoms with Gasteiger partial charge in [0.25, 0.3) is 0 Å². The van der Waals surface area contributed by atoms with Gasteiger partial charge in [0.1, 0.15) is 0 Å². The maximum absolute atomic E-state index is 6.16. The van der Waals surface area contributed by atoms with E-state index in [0.29, 0.717) is 6.04 Å². The summed E-state index contributed by atoms with van der Waals surface area (Å²) in [6.45, 7) is 0. The molecule has 2 saturated carbocycles. The summed E-state index contributed by atoms with van der Waals surface area (Å²) in [5, 5.41) is 0. The highest BCUT2D eigenvalue weighted by molar-refractivity contribution is 4.85. The van der Waals surface area contributed by atoms with Gasteiger partial charge in [-0.05, 0) is 31.1 Å². The van der Waals surface area contributed by atoms with Crippen LogP contribution in [0.3, 0.4) is 0 Å². The quantitative estimate of drug-likeness (QED) is 0.665. The van der Waals surface area contributed by atoms with Crippen LogP contribution in [0.4, 0.5) is 0 Å². The van der Waals surface area contributed by atoms with Crippen molar-refractivity contribution in [2.75, 3.05) is 0 Å². The summed E-state index contributed by atoms with van der Waals surface area (Å²) in [5.74, 6) is 1.88. The Morgan fingerprint density at radius 2 is 1.54 bits per heavy atom. The van der Waals surface area contributed by atoms with Crippen molar-refractivity contribution in [3.05, 3.63) is 0 Å². The monoisotopic (exact) mass is 181 g/mol. The Hall–Kier alpha value is -0.0400. The molecule has 0 aromatic heterocycles. The van der Waals surface area contributed by atoms with E-state index in [0.717, 1.165) is 11.8 Å². The second kappa shape index (κ2) is 4.45. The summed E-state index contributed by atoms with van der Waals surface area (Å²) in [4.78, 5) is 0. The number of rotatable bonds is 3. The zero-order valence-electron chi connectivity index (χ0n) is 8.67. The fourth-order valence-corrected chi connectivity index (χ4v) is 2.70. The first-order valence-corrected chi connectivity index (χ1v) is 6.12. The van der Waals surface area contributed by atoms with E-state index < -0.39 is 0 Å². The van der Waals surface area contributed by atoms with Crippen LogP contribution in [0.25, 0.3) is 0 Å². The Bertz CT molecular complexity index is 143. The lowest BCUT2D eigenvalue weighted by Crippen LogP contribution is -2.25. The smallest absolute Gasteiger partial charge is 0.00698 e. The average molecular weight is 181 g/mol. The molecule has 0 heterocycles. The van der Waals surface area contributed by atoms with Crippen LogP contribution in [0.2, 0.25) is 0 Å². The fraction of sp³-hybridized carbons (Fsp3) is 1.00. The first-order valence-electron chi connectivity index (χ1n) is 6.12. The number of hydrogen-bond donors (Lipinski definition) is 1. The lowest BCUT2D eigenvalue weighted by molar-refractivity contribution is 0.371. The maximum atomic E-state index is 6.16. The van der Waals surface area contributed by atoms with E-state index in [4.69, 9.17) is 5.73 Å². The van der Waals surface area contributed by atoms with E-state index in [2.05, 4.69) is 0 Å². The second-order valence-corrected chi connectivity index (χ2v) is 5.09. The molecule has 1 nitrogen and oxygen atoms in total. The van der Waals surface area contributed by atoms with E-state index in [9.17, 15) is 0 Å². The van der Waals surface area contributed by atoms with Crippen LogP contribution in [0, 0.1) is 11.8 Å². The predicted octanol–water partition coefficient (Wildman–Crippen LogP) is 3.08. The molecule has 0 aliphatic heterocycles. The Morgan fingerprint density at radius 3 is 2.08 bits per heavy atom. The fourth-order valence-electron chi connectivity index (χ4n) is 2.70. The summed E-state index contributed by atoms with van der Waals surface area (Å²) in [5.41, 5.74) is 6.16. The van der Waals surface area contributed by atoms with E-state index in [-0.39, 0.29) is 0 Å². The molecule has 0 radical (unpaired) electrons. The lowest BCUT2D eigenvalue weighted by Gasteiger charge is -2.18. The third-order valence-corrected chi connectivity index (χ3v) is 3.81. The van der Waals surface area contributed by atoms with Gasteiger partial charge in [-0.1, -0.05) is 38.5 Å². The Kier molecular flexibility index (Phi) is 3.26. The third-order valence-electron chi connectivity index (χ3n) is 3.81. The average Bonchev–Trinajstić information content (AvgIpc) is 2.92. The summed E-state index contributed by atoms with van der Waals surface area (Å²) in [6.07, 6.45) is 12.9. The van der Waals surface area contributed by atoms with Gasteiger partial charge in [0, 0.05) is 6.04 Å². The van der Waals surface area contributed by atoms with Gasteiger partial charge in [-0.25, -0.2) is 0 Å². The van der Waals surface area contributed by atoms with Crippen LogP contribution < -0.4 is 5.73 Å². The van der Waals surface area contributed by atoms with Crippen molar-refractivity contribution in [2.45, 2.75) is 63.8 Å². The number of hydrogen-bond acceptors (Lipinski definition) is 1. The molecule has 1 heteroatoms. The van der Waals surface area contributed by atoms with Crippen molar-refractivity contribution >= 4 is 0 Å². The van der Waals surface area contributed by atoms with Gasteiger partial charge in [-0.2, -0.15) is 0 Å². The molecular weight excluding hydrogens is 158 g/mol. The topological polar surface area (TPSA) is 26.0 Å². The Labute approximate surface area is 82.1 Å². The van der Waals surface area contributed by atoms with Crippen LogP contribution in [0.15, 0.2) is 0 Å². The van der Waals surface area contributed by atoms with Crippen molar-refractivity contribution in [3.63, 3.8) is 0 Å². The van der Waals surface area contributed by atoms with E-state index in [1.165, 1.54) is 57.8 Å². The van der Waals surface area contributed by atoms with Gasteiger partial charge in [-0.3, -0.25) is 0 Å². The molecule has 0 spiro atoms. The highest BCUT2D eigenvalue weighted by Gasteiger charge is 2.30. The van der Waals surface area contributed by atoms with Crippen LogP contribution in [0.1, 0.15) is 57.8 Å². The molecular formula is C12H23N. The molecule has 76 valence electrons. The normalized spacial score (nSPS) is 28.4. The van der Waals surface area contributed by atoms with Crippen molar-refractivity contribution in [1.29, 1.82) is 0 Å². The largest absolute Gasteiger partial charge is 0.327 e. The SMILES string of the molecule is NC(CC1CCCCCC1)C1CC1. The van der Waals surface area contributed by atoms with Gasteiger partial charge in [-0.15, -0.1) is 0 Å². The Balaban J connectivity index is 1.71. The van der Waals surface area contributed by atoms with E-state index in [1.807, 2.05) is 0 Å². The standard InChI is InChI=1S/C12H23N/c13-12(11-7-8-11)9-10-5-3-1-2-4-6-10/h10-12H,1-9,13H2. The lowest BCUT2D eigenvalue weighted by atomic mass is 9.91. The minimum atomic E-state index is 0.545. The summed E-state index contributed by atoms with van der Waals surface area (Å²) in [6, 6.07) is 0.545. The maximum Gasteiger partial charge on any atom is 0.00698 e. The highest BCUT2D eigenvalue weighted by Crippen LogP contribution is 2.36. The Morgan fingerprint density at radius 1 is 0.923 bits per heavy atom. The van der Waals surface area contributed by atoms with Gasteiger partial charge in [0.15, 0.2) is 0 Å². The first-order chi connectivity index (χ1) is 6.36. The van der Waals surface area contributed by atoms with Crippen molar-refractivity contribution in [1.82, 2.24) is 0 Å². The molecule has 2 fully saturated rings. The minimum absolute atomic E-state index is 0.545. The van der Waals surface area contributed by atoms with Crippen LogP contribution in [0.5, 0.6) is 0 Å². The van der Waals surface area contributed by atoms with Crippen molar-refractivity contribution < 1.29 is 0 Å². The zero-order valence-corrected chi connectivity index (χ0v) is 8.67. The second-order valence-electron chi connectivity index (χ2n) is 5.09.